The second-order valence-corrected chi connectivity index (χ2v) is 10.3. The van der Waals surface area contributed by atoms with Gasteiger partial charge in [-0.05, 0) is 59.3 Å². The van der Waals surface area contributed by atoms with Crippen LogP contribution in [0.5, 0.6) is 5.75 Å². The van der Waals surface area contributed by atoms with Gasteiger partial charge in [-0.1, -0.05) is 54.6 Å². The third-order valence-corrected chi connectivity index (χ3v) is 7.37. The molecule has 0 fully saturated rings. The molecular formula is C33H27FN8O4. The number of Topliss-reactive ketones (excluding diaryl/α,β-unsaturated/α-hetero) is 1. The number of carbonyl (C=O) groups excluding carboxylic acids is 3. The molecule has 0 unspecified atom stereocenters. The Kier molecular flexibility index (Phi) is 8.28. The van der Waals surface area contributed by atoms with E-state index in [2.05, 4.69) is 36.3 Å². The van der Waals surface area contributed by atoms with Crippen LogP contribution in [0.2, 0.25) is 0 Å². The van der Waals surface area contributed by atoms with Gasteiger partial charge in [0.2, 0.25) is 6.17 Å². The number of aromatic amines is 1. The van der Waals surface area contributed by atoms with Gasteiger partial charge < -0.3 is 20.3 Å². The highest BCUT2D eigenvalue weighted by molar-refractivity contribution is 6.22. The van der Waals surface area contributed by atoms with Crippen molar-refractivity contribution in [3.05, 3.63) is 119 Å². The van der Waals surface area contributed by atoms with Crippen LogP contribution in [0.4, 0.5) is 20.6 Å². The maximum Gasteiger partial charge on any atom is 0.321 e. The lowest BCUT2D eigenvalue weighted by atomic mass is 9.97. The second-order valence-electron chi connectivity index (χ2n) is 10.3. The second kappa shape index (κ2) is 12.8. The molecule has 12 nitrogen and oxygen atoms in total. The van der Waals surface area contributed by atoms with E-state index in [0.717, 1.165) is 0 Å². The highest BCUT2D eigenvalue weighted by Crippen LogP contribution is 2.33. The number of ketones is 1. The summed E-state index contributed by atoms with van der Waals surface area (Å²) in [6.45, 7) is 1.38. The number of ether oxygens (including phenoxy) is 1. The molecule has 1 aliphatic heterocycles. The molecule has 2 heterocycles. The molecule has 3 N–H and O–H groups in total. The first-order valence-electron chi connectivity index (χ1n) is 14.2. The van der Waals surface area contributed by atoms with E-state index in [0.29, 0.717) is 39.6 Å². The van der Waals surface area contributed by atoms with Gasteiger partial charge in [-0.3, -0.25) is 9.59 Å². The molecule has 4 aromatic carbocycles. The van der Waals surface area contributed by atoms with Gasteiger partial charge in [0.15, 0.2) is 11.6 Å². The third-order valence-electron chi connectivity index (χ3n) is 7.37. The monoisotopic (exact) mass is 618 g/mol. The minimum atomic E-state index is -1.53. The van der Waals surface area contributed by atoms with Gasteiger partial charge in [0.05, 0.1) is 30.6 Å². The molecule has 6 rings (SSSR count). The standard InChI is InChI=1S/C33H27FN8O4/c1-19-9-7-14-24-28(22-12-3-5-15-25(22)34)36-31(37-33(45)35-21-11-8-10-20(17-21)30-38-40-41-39-30)32(44)42(29(19)24)18-26(43)23-13-4-6-16-27(23)46-2/h3-17,31H,18H2,1-2H3,(H2,35,37,45)(H,38,39,40,41)/t31-/m0/s1. The van der Waals surface area contributed by atoms with E-state index in [9.17, 15) is 14.4 Å². The first kappa shape index (κ1) is 29.8. The van der Waals surface area contributed by atoms with Crippen LogP contribution < -0.4 is 20.3 Å². The molecule has 1 aliphatic rings. The first-order valence-corrected chi connectivity index (χ1v) is 14.2. The number of aryl methyl sites for hydroxylation is 1. The quantitative estimate of drug-likeness (QED) is 0.216. The van der Waals surface area contributed by atoms with Crippen molar-refractivity contribution < 1.29 is 23.5 Å². The van der Waals surface area contributed by atoms with E-state index in [-0.39, 0.29) is 16.8 Å². The molecule has 3 amide bonds. The Labute approximate surface area is 262 Å². The molecule has 13 heteroatoms. The van der Waals surface area contributed by atoms with E-state index >= 15 is 4.39 Å². The summed E-state index contributed by atoms with van der Waals surface area (Å²) in [6.07, 6.45) is -1.53. The zero-order valence-corrected chi connectivity index (χ0v) is 24.7. The number of amides is 3. The van der Waals surface area contributed by atoms with Gasteiger partial charge in [-0.25, -0.2) is 19.3 Å². The third kappa shape index (κ3) is 5.93. The van der Waals surface area contributed by atoms with Crippen molar-refractivity contribution in [2.75, 3.05) is 23.9 Å². The minimum Gasteiger partial charge on any atom is -0.496 e. The predicted molar refractivity (Wildman–Crippen MR) is 168 cm³/mol. The Balaban J connectivity index is 1.39. The van der Waals surface area contributed by atoms with E-state index < -0.39 is 36.2 Å². The number of urea groups is 1. The maximum atomic E-state index is 15.3. The largest absolute Gasteiger partial charge is 0.496 e. The summed E-state index contributed by atoms with van der Waals surface area (Å²) in [7, 11) is 1.45. The number of halogens is 1. The predicted octanol–water partition coefficient (Wildman–Crippen LogP) is 4.54. The first-order chi connectivity index (χ1) is 22.3. The number of methoxy groups -OCH3 is 1. The number of H-pyrrole nitrogens is 1. The normalized spacial score (nSPS) is 14.2. The van der Waals surface area contributed by atoms with E-state index in [1.807, 2.05) is 0 Å². The number of hydrogen-bond donors (Lipinski definition) is 3. The fourth-order valence-corrected chi connectivity index (χ4v) is 5.26. The van der Waals surface area contributed by atoms with Crippen LogP contribution in [0.25, 0.3) is 11.4 Å². The van der Waals surface area contributed by atoms with Crippen LogP contribution in [0.15, 0.2) is 96.0 Å². The van der Waals surface area contributed by atoms with Gasteiger partial charge in [0.25, 0.3) is 5.91 Å². The summed E-state index contributed by atoms with van der Waals surface area (Å²) in [5.41, 5.74) is 2.97. The van der Waals surface area contributed by atoms with Crippen molar-refractivity contribution in [3.8, 4) is 17.1 Å². The zero-order chi connectivity index (χ0) is 32.2. The molecule has 0 saturated carbocycles. The number of fused-ring (bicyclic) bond motifs is 1. The topological polar surface area (TPSA) is 155 Å². The van der Waals surface area contributed by atoms with Gasteiger partial charge in [0, 0.05) is 22.4 Å². The number of benzodiazepines with no additional fused rings is 1. The average molecular weight is 619 g/mol. The molecule has 0 radical (unpaired) electrons. The number of anilines is 2. The van der Waals surface area contributed by atoms with Crippen LogP contribution in [0.3, 0.4) is 0 Å². The molecular weight excluding hydrogens is 591 g/mol. The van der Waals surface area contributed by atoms with Crippen molar-refractivity contribution >= 4 is 34.8 Å². The van der Waals surface area contributed by atoms with Crippen molar-refractivity contribution in [3.63, 3.8) is 0 Å². The smallest absolute Gasteiger partial charge is 0.321 e. The molecule has 0 saturated heterocycles. The fraction of sp³-hybridized carbons (Fsp3) is 0.121. The number of nitrogens with zero attached hydrogens (tertiary/aromatic N) is 5. The number of para-hydroxylation sites is 2. The molecule has 0 spiro atoms. The summed E-state index contributed by atoms with van der Waals surface area (Å²) in [4.78, 5) is 47.3. The molecule has 1 aromatic heterocycles. The van der Waals surface area contributed by atoms with Gasteiger partial charge in [-0.15, -0.1) is 5.10 Å². The van der Waals surface area contributed by atoms with Gasteiger partial charge in [-0.2, -0.15) is 0 Å². The molecule has 46 heavy (non-hydrogen) atoms. The highest BCUT2D eigenvalue weighted by atomic mass is 19.1. The number of tetrazole rings is 1. The Hall–Kier alpha value is -6.24. The number of benzene rings is 4. The van der Waals surface area contributed by atoms with Crippen molar-refractivity contribution in [2.24, 2.45) is 4.99 Å². The number of hydrogen-bond acceptors (Lipinski definition) is 8. The fourth-order valence-electron chi connectivity index (χ4n) is 5.26. The summed E-state index contributed by atoms with van der Waals surface area (Å²) in [5.74, 6) is -0.925. The summed E-state index contributed by atoms with van der Waals surface area (Å²) >= 11 is 0. The summed E-state index contributed by atoms with van der Waals surface area (Å²) < 4.78 is 20.7. The van der Waals surface area contributed by atoms with Crippen molar-refractivity contribution in [1.29, 1.82) is 0 Å². The number of carbonyl (C=O) groups is 3. The lowest BCUT2D eigenvalue weighted by molar-refractivity contribution is -0.120. The van der Waals surface area contributed by atoms with Gasteiger partial charge in [0.1, 0.15) is 11.6 Å². The highest BCUT2D eigenvalue weighted by Gasteiger charge is 2.36. The lowest BCUT2D eigenvalue weighted by Gasteiger charge is -2.26. The van der Waals surface area contributed by atoms with Gasteiger partial charge >= 0.3 is 6.03 Å². The van der Waals surface area contributed by atoms with Crippen LogP contribution in [0.1, 0.15) is 27.0 Å². The van der Waals surface area contributed by atoms with E-state index in [4.69, 9.17) is 4.74 Å². The van der Waals surface area contributed by atoms with Crippen LogP contribution >= 0.6 is 0 Å². The summed E-state index contributed by atoms with van der Waals surface area (Å²) in [6, 6.07) is 23.9. The molecule has 5 aromatic rings. The number of aliphatic imine (C=N–C) groups is 1. The maximum absolute atomic E-state index is 15.3. The van der Waals surface area contributed by atoms with E-state index in [1.54, 1.807) is 91.9 Å². The zero-order valence-electron chi connectivity index (χ0n) is 24.7. The molecule has 230 valence electrons. The average Bonchev–Trinajstić information content (AvgIpc) is 3.58. The van der Waals surface area contributed by atoms with Crippen LogP contribution in [-0.2, 0) is 4.79 Å². The molecule has 0 aliphatic carbocycles. The Morgan fingerprint density at radius 2 is 1.74 bits per heavy atom. The SMILES string of the molecule is COc1ccccc1C(=O)CN1C(=O)[C@H](NC(=O)Nc2cccc(-c3nnn[nH]3)c2)N=C(c2ccccc2F)c2cccc(C)c21. The lowest BCUT2D eigenvalue weighted by Crippen LogP contribution is -2.50. The van der Waals surface area contributed by atoms with E-state index in [1.165, 1.54) is 18.1 Å². The van der Waals surface area contributed by atoms with Crippen molar-refractivity contribution in [2.45, 2.75) is 13.1 Å². The minimum absolute atomic E-state index is 0.126. The summed E-state index contributed by atoms with van der Waals surface area (Å²) in [5, 5.41) is 19.0. The van der Waals surface area contributed by atoms with Crippen LogP contribution in [0, 0.1) is 12.7 Å². The Bertz CT molecular complexity index is 1980. The van der Waals surface area contributed by atoms with Crippen LogP contribution in [-0.4, -0.2) is 63.9 Å². The van der Waals surface area contributed by atoms with Crippen molar-refractivity contribution in [1.82, 2.24) is 25.9 Å². The Morgan fingerprint density at radius 1 is 0.978 bits per heavy atom. The Morgan fingerprint density at radius 3 is 2.52 bits per heavy atom. The molecule has 1 atom stereocenters. The number of nitrogens with one attached hydrogen (secondary N) is 3. The number of rotatable bonds is 8. The molecule has 0 bridgehead atoms. The number of aromatic nitrogens is 4.